The molecule has 0 aliphatic heterocycles. The van der Waals surface area contributed by atoms with Crippen LogP contribution in [0.25, 0.3) is 0 Å². The van der Waals surface area contributed by atoms with Gasteiger partial charge >= 0.3 is 0 Å². The van der Waals surface area contributed by atoms with Crippen LogP contribution in [-0.2, 0) is 4.79 Å². The molecule has 1 N–H and O–H groups in total. The third-order valence-corrected chi connectivity index (χ3v) is 5.60. The molecule has 3 heteroatoms. The lowest BCUT2D eigenvalue weighted by Gasteiger charge is -2.38. The number of hydrogen-bond donors (Lipinski definition) is 1. The van der Waals surface area contributed by atoms with Crippen molar-refractivity contribution in [2.75, 3.05) is 6.54 Å². The highest BCUT2D eigenvalue weighted by atomic mass is 35.5. The maximum absolute atomic E-state index is 12.4. The normalized spacial score (nSPS) is 34.8. The largest absolute Gasteiger partial charge is 0.356 e. The van der Waals surface area contributed by atoms with E-state index in [9.17, 15) is 4.79 Å². The van der Waals surface area contributed by atoms with E-state index in [2.05, 4.69) is 19.2 Å². The van der Waals surface area contributed by atoms with Crippen molar-refractivity contribution in [3.05, 3.63) is 0 Å². The van der Waals surface area contributed by atoms with Crippen LogP contribution in [-0.4, -0.2) is 17.8 Å². The minimum Gasteiger partial charge on any atom is -0.356 e. The molecule has 2 aliphatic rings. The first kappa shape index (κ1) is 15.2. The monoisotopic (exact) mass is 285 g/mol. The van der Waals surface area contributed by atoms with Crippen LogP contribution in [0.15, 0.2) is 0 Å². The van der Waals surface area contributed by atoms with E-state index in [1.165, 1.54) is 32.1 Å². The molecule has 0 spiro atoms. The number of hydrogen-bond acceptors (Lipinski definition) is 1. The predicted molar refractivity (Wildman–Crippen MR) is 80.3 cm³/mol. The Balaban J connectivity index is 1.77. The first-order chi connectivity index (χ1) is 8.99. The molecule has 0 radical (unpaired) electrons. The van der Waals surface area contributed by atoms with E-state index in [0.29, 0.717) is 11.3 Å². The number of rotatable bonds is 3. The molecule has 0 saturated heterocycles. The summed E-state index contributed by atoms with van der Waals surface area (Å²) in [6.45, 7) is 5.35. The molecular weight excluding hydrogens is 258 g/mol. The van der Waals surface area contributed by atoms with E-state index < -0.39 is 0 Å². The molecule has 1 unspecified atom stereocenters. The van der Waals surface area contributed by atoms with Gasteiger partial charge in [-0.1, -0.05) is 26.7 Å². The Labute approximate surface area is 122 Å². The third-order valence-electron chi connectivity index (χ3n) is 5.16. The van der Waals surface area contributed by atoms with Crippen LogP contribution in [0, 0.1) is 17.3 Å². The summed E-state index contributed by atoms with van der Waals surface area (Å²) in [4.78, 5) is 12.4. The summed E-state index contributed by atoms with van der Waals surface area (Å²) in [5.41, 5.74) is 0.177. The van der Waals surface area contributed by atoms with Gasteiger partial charge < -0.3 is 5.32 Å². The molecule has 110 valence electrons. The van der Waals surface area contributed by atoms with Crippen LogP contribution in [0.1, 0.15) is 65.2 Å². The topological polar surface area (TPSA) is 29.1 Å². The molecule has 0 bridgehead atoms. The van der Waals surface area contributed by atoms with Gasteiger partial charge in [0.25, 0.3) is 0 Å². The second-order valence-electron chi connectivity index (χ2n) is 7.15. The van der Waals surface area contributed by atoms with Crippen LogP contribution < -0.4 is 5.32 Å². The van der Waals surface area contributed by atoms with Gasteiger partial charge in [-0.05, 0) is 49.9 Å². The molecule has 19 heavy (non-hydrogen) atoms. The fourth-order valence-electron chi connectivity index (χ4n) is 3.67. The van der Waals surface area contributed by atoms with Crippen molar-refractivity contribution in [3.8, 4) is 0 Å². The molecule has 2 nitrogen and oxygen atoms in total. The highest BCUT2D eigenvalue weighted by molar-refractivity contribution is 6.20. The summed E-state index contributed by atoms with van der Waals surface area (Å²) in [7, 11) is 0. The van der Waals surface area contributed by atoms with Crippen LogP contribution in [0.3, 0.4) is 0 Å². The van der Waals surface area contributed by atoms with E-state index >= 15 is 0 Å². The van der Waals surface area contributed by atoms with Crippen LogP contribution in [0.5, 0.6) is 0 Å². The highest BCUT2D eigenvalue weighted by Gasteiger charge is 2.37. The first-order valence-electron chi connectivity index (χ1n) is 7.91. The fourth-order valence-corrected chi connectivity index (χ4v) is 3.93. The minimum atomic E-state index is 0.177. The van der Waals surface area contributed by atoms with Gasteiger partial charge in [0, 0.05) is 17.8 Å². The number of nitrogens with one attached hydrogen (secondary N) is 1. The van der Waals surface area contributed by atoms with E-state index in [0.717, 1.165) is 25.8 Å². The average Bonchev–Trinajstić information content (AvgIpc) is 2.37. The summed E-state index contributed by atoms with van der Waals surface area (Å²) < 4.78 is 0. The lowest BCUT2D eigenvalue weighted by molar-refractivity contribution is -0.130. The smallest absolute Gasteiger partial charge is 0.223 e. The molecule has 0 aromatic heterocycles. The quantitative estimate of drug-likeness (QED) is 0.777. The summed E-state index contributed by atoms with van der Waals surface area (Å²) in [5, 5.41) is 3.58. The van der Waals surface area contributed by atoms with Gasteiger partial charge in [0.05, 0.1) is 0 Å². The standard InChI is InChI=1S/C16H28ClNO/c1-16(2)10-4-3-5-14(16)15(19)18-11-12-6-8-13(17)9-7-12/h12-14H,3-11H2,1-2H3,(H,18,19). The van der Waals surface area contributed by atoms with Crippen molar-refractivity contribution in [2.45, 2.75) is 70.6 Å². The minimum absolute atomic E-state index is 0.177. The highest BCUT2D eigenvalue weighted by Crippen LogP contribution is 2.40. The van der Waals surface area contributed by atoms with Gasteiger partial charge in [-0.25, -0.2) is 0 Å². The van der Waals surface area contributed by atoms with E-state index in [1.807, 2.05) is 0 Å². The van der Waals surface area contributed by atoms with Crippen molar-refractivity contribution in [1.82, 2.24) is 5.32 Å². The van der Waals surface area contributed by atoms with Crippen molar-refractivity contribution in [3.63, 3.8) is 0 Å². The molecule has 2 saturated carbocycles. The second-order valence-corrected chi connectivity index (χ2v) is 7.77. The Morgan fingerprint density at radius 2 is 1.84 bits per heavy atom. The summed E-state index contributed by atoms with van der Waals surface area (Å²) >= 11 is 6.12. The lowest BCUT2D eigenvalue weighted by Crippen LogP contribution is -2.42. The van der Waals surface area contributed by atoms with Crippen LogP contribution >= 0.6 is 11.6 Å². The van der Waals surface area contributed by atoms with E-state index in [-0.39, 0.29) is 17.2 Å². The number of alkyl halides is 1. The Kier molecular flexibility index (Phi) is 5.16. The molecular formula is C16H28ClNO. The number of carbonyl (C=O) groups is 1. The first-order valence-corrected chi connectivity index (χ1v) is 8.34. The van der Waals surface area contributed by atoms with Crippen LogP contribution in [0.2, 0.25) is 0 Å². The van der Waals surface area contributed by atoms with Gasteiger partial charge in [0.15, 0.2) is 0 Å². The van der Waals surface area contributed by atoms with Gasteiger partial charge in [0.1, 0.15) is 0 Å². The van der Waals surface area contributed by atoms with Crippen molar-refractivity contribution < 1.29 is 4.79 Å². The third kappa shape index (κ3) is 4.11. The van der Waals surface area contributed by atoms with Crippen LogP contribution in [0.4, 0.5) is 0 Å². The van der Waals surface area contributed by atoms with Crippen molar-refractivity contribution >= 4 is 17.5 Å². The Hall–Kier alpha value is -0.240. The van der Waals surface area contributed by atoms with E-state index in [4.69, 9.17) is 11.6 Å². The van der Waals surface area contributed by atoms with Gasteiger partial charge in [0.2, 0.25) is 5.91 Å². The molecule has 2 aliphatic carbocycles. The van der Waals surface area contributed by atoms with Gasteiger partial charge in [-0.3, -0.25) is 4.79 Å². The Morgan fingerprint density at radius 1 is 1.16 bits per heavy atom. The maximum atomic E-state index is 12.4. The fraction of sp³-hybridized carbons (Fsp3) is 0.938. The lowest BCUT2D eigenvalue weighted by atomic mass is 9.68. The predicted octanol–water partition coefficient (Wildman–Crippen LogP) is 4.12. The Bertz CT molecular complexity index is 308. The summed E-state index contributed by atoms with van der Waals surface area (Å²) in [6, 6.07) is 0. The Morgan fingerprint density at radius 3 is 2.47 bits per heavy atom. The molecule has 0 aromatic carbocycles. The summed E-state index contributed by atoms with van der Waals surface area (Å²) in [6.07, 6.45) is 9.28. The van der Waals surface area contributed by atoms with Gasteiger partial charge in [-0.15, -0.1) is 11.6 Å². The van der Waals surface area contributed by atoms with Crippen molar-refractivity contribution in [1.29, 1.82) is 0 Å². The average molecular weight is 286 g/mol. The zero-order valence-corrected chi connectivity index (χ0v) is 13.1. The second kappa shape index (κ2) is 6.47. The SMILES string of the molecule is CC1(C)CCCCC1C(=O)NCC1CCC(Cl)CC1. The zero-order valence-electron chi connectivity index (χ0n) is 12.4. The number of carbonyl (C=O) groups excluding carboxylic acids is 1. The number of amides is 1. The molecule has 1 amide bonds. The molecule has 2 rings (SSSR count). The maximum Gasteiger partial charge on any atom is 0.223 e. The van der Waals surface area contributed by atoms with Crippen molar-refractivity contribution in [2.24, 2.45) is 17.3 Å². The molecule has 1 atom stereocenters. The van der Waals surface area contributed by atoms with E-state index in [1.54, 1.807) is 0 Å². The molecule has 2 fully saturated rings. The molecule has 0 aromatic rings. The number of halogens is 1. The van der Waals surface area contributed by atoms with Gasteiger partial charge in [-0.2, -0.15) is 0 Å². The summed E-state index contributed by atoms with van der Waals surface area (Å²) in [5.74, 6) is 1.15. The molecule has 0 heterocycles. The zero-order chi connectivity index (χ0) is 13.9.